The Morgan fingerprint density at radius 2 is 1.20 bits per heavy atom. The summed E-state index contributed by atoms with van der Waals surface area (Å²) in [6.07, 6.45) is 0. The van der Waals surface area contributed by atoms with E-state index in [0.717, 1.165) is 21.8 Å². The van der Waals surface area contributed by atoms with Crippen LogP contribution >= 0.6 is 0 Å². The van der Waals surface area contributed by atoms with Crippen molar-refractivity contribution < 1.29 is 0 Å². The van der Waals surface area contributed by atoms with Crippen LogP contribution in [-0.2, 0) is 0 Å². The number of hydrogen-bond donors (Lipinski definition) is 0. The number of fused-ring (bicyclic) bond motifs is 2. The van der Waals surface area contributed by atoms with E-state index in [4.69, 9.17) is 0 Å². The zero-order chi connectivity index (χ0) is 10.3. The van der Waals surface area contributed by atoms with E-state index >= 15 is 0 Å². The Labute approximate surface area is 87.4 Å². The van der Waals surface area contributed by atoms with E-state index < -0.39 is 0 Å². The first kappa shape index (κ1) is 8.24. The Morgan fingerprint density at radius 1 is 0.733 bits per heavy atom. The highest BCUT2D eigenvalue weighted by atomic mass is 14.7. The summed E-state index contributed by atoms with van der Waals surface area (Å²) in [4.78, 5) is 4.48. The lowest BCUT2D eigenvalue weighted by Crippen LogP contribution is -1.84. The largest absolute Gasteiger partial charge is 0.248 e. The first-order chi connectivity index (χ1) is 7.36. The molecule has 0 N–H and O–H groups in total. The van der Waals surface area contributed by atoms with E-state index in [-0.39, 0.29) is 0 Å². The van der Waals surface area contributed by atoms with Gasteiger partial charge >= 0.3 is 0 Å². The molecule has 1 aromatic heterocycles. The van der Waals surface area contributed by atoms with Gasteiger partial charge in [0, 0.05) is 10.8 Å². The molecule has 70 valence electrons. The molecule has 0 amide bonds. The van der Waals surface area contributed by atoms with E-state index in [9.17, 15) is 5.73 Å². The van der Waals surface area contributed by atoms with E-state index in [2.05, 4.69) is 4.98 Å². The van der Waals surface area contributed by atoms with Crippen LogP contribution in [0.4, 0.5) is 5.69 Å². The van der Waals surface area contributed by atoms with Crippen molar-refractivity contribution in [1.29, 1.82) is 0 Å². The average molecular weight is 192 g/mol. The van der Waals surface area contributed by atoms with Crippen LogP contribution in [0.1, 0.15) is 0 Å². The van der Waals surface area contributed by atoms with Crippen molar-refractivity contribution in [1.82, 2.24) is 10.7 Å². The second-order valence-corrected chi connectivity index (χ2v) is 3.49. The van der Waals surface area contributed by atoms with E-state index in [0.29, 0.717) is 5.69 Å². The molecule has 0 aliphatic rings. The van der Waals surface area contributed by atoms with Gasteiger partial charge in [0.25, 0.3) is 0 Å². The van der Waals surface area contributed by atoms with E-state index in [1.54, 1.807) is 0 Å². The standard InChI is InChI=1S/C13H8N2/c14-13-9-5-1-3-7-11(9)15-12-8-4-2-6-10(12)13/h1-8H. The van der Waals surface area contributed by atoms with Gasteiger partial charge in [0.05, 0.1) is 11.0 Å². The molecule has 0 aliphatic heterocycles. The minimum Gasteiger partial charge on any atom is -0.248 e. The van der Waals surface area contributed by atoms with Crippen molar-refractivity contribution >= 4 is 27.5 Å². The number of hydrogen-bond acceptors (Lipinski definition) is 1. The first-order valence-electron chi connectivity index (χ1n) is 4.83. The highest BCUT2D eigenvalue weighted by Crippen LogP contribution is 2.28. The number of aromatic nitrogens is 1. The zero-order valence-electron chi connectivity index (χ0n) is 8.01. The number of nitrogens with zero attached hydrogens (tertiary/aromatic N) is 2. The predicted molar refractivity (Wildman–Crippen MR) is 61.0 cm³/mol. The molecule has 1 heterocycles. The van der Waals surface area contributed by atoms with Gasteiger partial charge in [-0.2, -0.15) is 0 Å². The van der Waals surface area contributed by atoms with Crippen molar-refractivity contribution in [3.8, 4) is 0 Å². The molecule has 2 radical (unpaired) electrons. The average Bonchev–Trinajstić information content (AvgIpc) is 2.30. The maximum Gasteiger partial charge on any atom is 0.104 e. The lowest BCUT2D eigenvalue weighted by atomic mass is 10.1. The highest BCUT2D eigenvalue weighted by molar-refractivity contribution is 6.04. The van der Waals surface area contributed by atoms with Crippen molar-refractivity contribution in [3.63, 3.8) is 0 Å². The number of rotatable bonds is 0. The van der Waals surface area contributed by atoms with Crippen LogP contribution in [0.15, 0.2) is 48.5 Å². The van der Waals surface area contributed by atoms with Crippen molar-refractivity contribution in [2.24, 2.45) is 0 Å². The Balaban J connectivity index is 2.60. The summed E-state index contributed by atoms with van der Waals surface area (Å²) in [5.41, 5.74) is 12.0. The first-order valence-corrected chi connectivity index (χ1v) is 4.83. The Hall–Kier alpha value is -2.09. The van der Waals surface area contributed by atoms with Gasteiger partial charge in [0.15, 0.2) is 0 Å². The molecule has 0 aliphatic carbocycles. The van der Waals surface area contributed by atoms with E-state index in [1.807, 2.05) is 48.5 Å². The maximum absolute atomic E-state index is 10.1. The maximum atomic E-state index is 10.1. The van der Waals surface area contributed by atoms with Gasteiger partial charge in [-0.05, 0) is 12.1 Å². The fraction of sp³-hybridized carbons (Fsp3) is 0. The molecule has 2 nitrogen and oxygen atoms in total. The lowest BCUT2D eigenvalue weighted by Gasteiger charge is -2.03. The molecular weight excluding hydrogens is 184 g/mol. The van der Waals surface area contributed by atoms with Crippen LogP contribution in [0.25, 0.3) is 21.8 Å². The smallest absolute Gasteiger partial charge is 0.104 e. The number of para-hydroxylation sites is 2. The summed E-state index contributed by atoms with van der Waals surface area (Å²) in [7, 11) is 0. The Kier molecular flexibility index (Phi) is 1.62. The van der Waals surface area contributed by atoms with Gasteiger partial charge in [-0.1, -0.05) is 36.4 Å². The molecule has 2 heteroatoms. The summed E-state index contributed by atoms with van der Waals surface area (Å²) in [6, 6.07) is 15.2. The molecule has 3 rings (SSSR count). The quantitative estimate of drug-likeness (QED) is 0.504. The Bertz CT molecular complexity index is 590. The molecule has 2 aromatic carbocycles. The topological polar surface area (TPSA) is 35.2 Å². The summed E-state index contributed by atoms with van der Waals surface area (Å²) in [6.45, 7) is 0. The fourth-order valence-electron chi connectivity index (χ4n) is 1.82. The monoisotopic (exact) mass is 192 g/mol. The second-order valence-electron chi connectivity index (χ2n) is 3.49. The highest BCUT2D eigenvalue weighted by Gasteiger charge is 2.05. The van der Waals surface area contributed by atoms with E-state index in [1.165, 1.54) is 0 Å². The van der Waals surface area contributed by atoms with Crippen LogP contribution in [0, 0.1) is 0 Å². The zero-order valence-corrected chi connectivity index (χ0v) is 8.01. The van der Waals surface area contributed by atoms with Gasteiger partial charge in [-0.15, -0.1) is 5.73 Å². The predicted octanol–water partition coefficient (Wildman–Crippen LogP) is 3.09. The summed E-state index contributed by atoms with van der Waals surface area (Å²) >= 11 is 0. The van der Waals surface area contributed by atoms with Crippen molar-refractivity contribution in [3.05, 3.63) is 48.5 Å². The van der Waals surface area contributed by atoms with Gasteiger partial charge in [-0.25, -0.2) is 4.98 Å². The number of benzene rings is 2. The van der Waals surface area contributed by atoms with Crippen LogP contribution < -0.4 is 5.73 Å². The third-order valence-electron chi connectivity index (χ3n) is 2.56. The normalized spacial score (nSPS) is 10.9. The molecule has 0 saturated heterocycles. The van der Waals surface area contributed by atoms with Crippen molar-refractivity contribution in [2.45, 2.75) is 0 Å². The van der Waals surface area contributed by atoms with Crippen LogP contribution in [0.3, 0.4) is 0 Å². The lowest BCUT2D eigenvalue weighted by molar-refractivity contribution is 1.46. The van der Waals surface area contributed by atoms with Crippen LogP contribution in [-0.4, -0.2) is 4.98 Å². The Morgan fingerprint density at radius 3 is 1.73 bits per heavy atom. The molecule has 0 bridgehead atoms. The second kappa shape index (κ2) is 2.95. The van der Waals surface area contributed by atoms with Gasteiger partial charge < -0.3 is 0 Å². The van der Waals surface area contributed by atoms with Crippen LogP contribution in [0.5, 0.6) is 0 Å². The van der Waals surface area contributed by atoms with Crippen LogP contribution in [0.2, 0.25) is 0 Å². The molecule has 0 atom stereocenters. The van der Waals surface area contributed by atoms with Gasteiger partial charge in [0.2, 0.25) is 0 Å². The minimum atomic E-state index is 0.316. The molecule has 15 heavy (non-hydrogen) atoms. The minimum absolute atomic E-state index is 0.316. The van der Waals surface area contributed by atoms with Gasteiger partial charge in [0.1, 0.15) is 5.69 Å². The molecule has 0 saturated carbocycles. The fourth-order valence-corrected chi connectivity index (χ4v) is 1.82. The summed E-state index contributed by atoms with van der Waals surface area (Å²) in [5, 5.41) is 1.60. The summed E-state index contributed by atoms with van der Waals surface area (Å²) < 4.78 is 0. The molecule has 3 aromatic rings. The summed E-state index contributed by atoms with van der Waals surface area (Å²) in [5.74, 6) is 0. The van der Waals surface area contributed by atoms with Crippen molar-refractivity contribution in [2.75, 3.05) is 0 Å². The molecule has 0 fully saturated rings. The molecule has 0 spiro atoms. The number of pyridine rings is 1. The molecular formula is C13H8N2. The van der Waals surface area contributed by atoms with Gasteiger partial charge in [-0.3, -0.25) is 0 Å². The SMILES string of the molecule is [N]c1c2ccccc2nc2ccccc12. The third-order valence-corrected chi connectivity index (χ3v) is 2.56. The molecule has 0 unspecified atom stereocenters. The third kappa shape index (κ3) is 1.15.